The summed E-state index contributed by atoms with van der Waals surface area (Å²) in [5.41, 5.74) is 2.06. The van der Waals surface area contributed by atoms with Crippen molar-refractivity contribution in [2.75, 3.05) is 17.7 Å². The summed E-state index contributed by atoms with van der Waals surface area (Å²) >= 11 is 5.88. The van der Waals surface area contributed by atoms with Crippen molar-refractivity contribution in [3.63, 3.8) is 0 Å². The molecule has 0 saturated heterocycles. The molecule has 2 heterocycles. The zero-order chi connectivity index (χ0) is 19.7. The smallest absolute Gasteiger partial charge is 0.249 e. The van der Waals surface area contributed by atoms with Gasteiger partial charge in [-0.25, -0.2) is 4.68 Å². The van der Waals surface area contributed by atoms with Crippen molar-refractivity contribution in [1.29, 1.82) is 0 Å². The number of amides is 2. The topological polar surface area (TPSA) is 85.2 Å². The van der Waals surface area contributed by atoms with Gasteiger partial charge in [0.25, 0.3) is 0 Å². The number of nitrogens with one attached hydrogen (secondary N) is 2. The maximum atomic E-state index is 12.8. The summed E-state index contributed by atoms with van der Waals surface area (Å²) in [7, 11) is 1.59. The van der Waals surface area contributed by atoms with E-state index in [2.05, 4.69) is 15.7 Å². The van der Waals surface area contributed by atoms with E-state index in [1.807, 2.05) is 24.3 Å². The van der Waals surface area contributed by atoms with E-state index in [9.17, 15) is 9.59 Å². The van der Waals surface area contributed by atoms with Gasteiger partial charge in [-0.15, -0.1) is 0 Å². The van der Waals surface area contributed by atoms with Crippen LogP contribution in [0, 0.1) is 0 Å². The molecule has 4 rings (SSSR count). The van der Waals surface area contributed by atoms with Gasteiger partial charge in [0.1, 0.15) is 17.6 Å². The monoisotopic (exact) mass is 396 g/mol. The highest BCUT2D eigenvalue weighted by atomic mass is 35.5. The first kappa shape index (κ1) is 18.1. The van der Waals surface area contributed by atoms with Gasteiger partial charge in [0.2, 0.25) is 11.8 Å². The Hall–Kier alpha value is -3.32. The van der Waals surface area contributed by atoms with Gasteiger partial charge in [-0.3, -0.25) is 9.59 Å². The van der Waals surface area contributed by atoms with Crippen molar-refractivity contribution >= 4 is 34.9 Å². The van der Waals surface area contributed by atoms with Gasteiger partial charge in [0.05, 0.1) is 19.2 Å². The van der Waals surface area contributed by atoms with E-state index in [0.29, 0.717) is 28.0 Å². The first-order chi connectivity index (χ1) is 13.5. The number of carbonyl (C=O) groups is 2. The van der Waals surface area contributed by atoms with Crippen LogP contribution in [0.25, 0.3) is 11.3 Å². The molecule has 2 aromatic carbocycles. The summed E-state index contributed by atoms with van der Waals surface area (Å²) < 4.78 is 6.79. The highest BCUT2D eigenvalue weighted by molar-refractivity contribution is 6.30. The van der Waals surface area contributed by atoms with E-state index in [-0.39, 0.29) is 18.2 Å². The Morgan fingerprint density at radius 2 is 2.04 bits per heavy atom. The predicted molar refractivity (Wildman–Crippen MR) is 107 cm³/mol. The molecule has 3 aromatic rings. The van der Waals surface area contributed by atoms with Crippen molar-refractivity contribution in [1.82, 2.24) is 9.78 Å². The number of nitrogens with zero attached hydrogens (tertiary/aromatic N) is 2. The van der Waals surface area contributed by atoms with E-state index in [1.165, 1.54) is 0 Å². The fraction of sp³-hybridized carbons (Fsp3) is 0.150. The number of benzene rings is 2. The van der Waals surface area contributed by atoms with Crippen LogP contribution in [0.1, 0.15) is 12.5 Å². The molecule has 28 heavy (non-hydrogen) atoms. The molecule has 0 spiro atoms. The minimum atomic E-state index is -0.751. The van der Waals surface area contributed by atoms with E-state index in [1.54, 1.807) is 42.1 Å². The van der Waals surface area contributed by atoms with Crippen molar-refractivity contribution < 1.29 is 14.3 Å². The van der Waals surface area contributed by atoms with E-state index in [4.69, 9.17) is 16.3 Å². The number of anilines is 2. The Morgan fingerprint density at radius 1 is 1.25 bits per heavy atom. The third-order valence-corrected chi connectivity index (χ3v) is 4.71. The fourth-order valence-electron chi connectivity index (χ4n) is 3.07. The van der Waals surface area contributed by atoms with Gasteiger partial charge in [-0.2, -0.15) is 5.10 Å². The van der Waals surface area contributed by atoms with Crippen LogP contribution in [0.3, 0.4) is 0 Å². The number of methoxy groups -OCH3 is 1. The molecule has 1 atom stereocenters. The van der Waals surface area contributed by atoms with Crippen molar-refractivity contribution in [2.24, 2.45) is 0 Å². The summed E-state index contributed by atoms with van der Waals surface area (Å²) in [6, 6.07) is 15.2. The standard InChI is InChI=1S/C20H17ClN4O3/c1-28-15-4-2-3-12(9-15)16-10-18-23-19(26)11-17(25(18)24-16)20(27)22-14-7-5-13(21)6-8-14/h2-10,17H,11H2,1H3,(H,22,27)(H,23,26). The molecule has 0 radical (unpaired) electrons. The van der Waals surface area contributed by atoms with Crippen LogP contribution in [0.4, 0.5) is 11.5 Å². The molecule has 0 saturated carbocycles. The molecular weight excluding hydrogens is 380 g/mol. The molecule has 8 heteroatoms. The molecule has 2 N–H and O–H groups in total. The number of ether oxygens (including phenoxy) is 1. The van der Waals surface area contributed by atoms with Crippen LogP contribution < -0.4 is 15.4 Å². The summed E-state index contributed by atoms with van der Waals surface area (Å²) in [5, 5.41) is 10.7. The molecule has 0 bridgehead atoms. The Balaban J connectivity index is 1.64. The number of hydrogen-bond acceptors (Lipinski definition) is 4. The molecular formula is C20H17ClN4O3. The Labute approximate surface area is 166 Å². The minimum Gasteiger partial charge on any atom is -0.497 e. The van der Waals surface area contributed by atoms with E-state index < -0.39 is 6.04 Å². The summed E-state index contributed by atoms with van der Waals surface area (Å²) in [4.78, 5) is 24.9. The molecule has 7 nitrogen and oxygen atoms in total. The van der Waals surface area contributed by atoms with Crippen molar-refractivity contribution in [3.8, 4) is 17.0 Å². The third-order valence-electron chi connectivity index (χ3n) is 4.46. The second-order valence-corrected chi connectivity index (χ2v) is 6.79. The fourth-order valence-corrected chi connectivity index (χ4v) is 3.19. The largest absolute Gasteiger partial charge is 0.497 e. The number of hydrogen-bond donors (Lipinski definition) is 2. The number of carbonyl (C=O) groups excluding carboxylic acids is 2. The quantitative estimate of drug-likeness (QED) is 0.703. The number of halogens is 1. The number of fused-ring (bicyclic) bond motifs is 1. The van der Waals surface area contributed by atoms with Gasteiger partial charge < -0.3 is 15.4 Å². The highest BCUT2D eigenvalue weighted by Gasteiger charge is 2.32. The highest BCUT2D eigenvalue weighted by Crippen LogP contribution is 2.31. The Bertz CT molecular complexity index is 1050. The summed E-state index contributed by atoms with van der Waals surface area (Å²) in [6.45, 7) is 0. The lowest BCUT2D eigenvalue weighted by Gasteiger charge is -2.23. The number of aromatic nitrogens is 2. The zero-order valence-electron chi connectivity index (χ0n) is 15.0. The van der Waals surface area contributed by atoms with Crippen molar-refractivity contribution in [3.05, 3.63) is 59.6 Å². The van der Waals surface area contributed by atoms with Crippen LogP contribution >= 0.6 is 11.6 Å². The molecule has 2 amide bonds. The van der Waals surface area contributed by atoms with Crippen molar-refractivity contribution in [2.45, 2.75) is 12.5 Å². The number of rotatable bonds is 4. The van der Waals surface area contributed by atoms with Crippen LogP contribution in [0.5, 0.6) is 5.75 Å². The lowest BCUT2D eigenvalue weighted by atomic mass is 10.1. The second kappa shape index (κ2) is 7.36. The van der Waals surface area contributed by atoms with Gasteiger partial charge in [-0.05, 0) is 36.4 Å². The average molecular weight is 397 g/mol. The Morgan fingerprint density at radius 3 is 2.79 bits per heavy atom. The third kappa shape index (κ3) is 3.57. The van der Waals surface area contributed by atoms with Crippen LogP contribution in [-0.4, -0.2) is 28.7 Å². The van der Waals surface area contributed by atoms with Crippen LogP contribution in [-0.2, 0) is 9.59 Å². The first-order valence-corrected chi connectivity index (χ1v) is 9.01. The van der Waals surface area contributed by atoms with Crippen LogP contribution in [0.2, 0.25) is 5.02 Å². The first-order valence-electron chi connectivity index (χ1n) is 8.64. The van der Waals surface area contributed by atoms with E-state index in [0.717, 1.165) is 5.56 Å². The lowest BCUT2D eigenvalue weighted by Crippen LogP contribution is -2.35. The van der Waals surface area contributed by atoms with Gasteiger partial charge in [0, 0.05) is 22.3 Å². The molecule has 1 aromatic heterocycles. The predicted octanol–water partition coefficient (Wildman–Crippen LogP) is 3.73. The van der Waals surface area contributed by atoms with E-state index >= 15 is 0 Å². The molecule has 142 valence electrons. The normalized spacial score (nSPS) is 15.5. The molecule has 1 aliphatic rings. The minimum absolute atomic E-state index is 0.00561. The van der Waals surface area contributed by atoms with Gasteiger partial charge >= 0.3 is 0 Å². The average Bonchev–Trinajstić information content (AvgIpc) is 3.13. The van der Waals surface area contributed by atoms with Gasteiger partial charge in [-0.1, -0.05) is 23.7 Å². The van der Waals surface area contributed by atoms with Gasteiger partial charge in [0.15, 0.2) is 0 Å². The summed E-state index contributed by atoms with van der Waals surface area (Å²) in [5.74, 6) is 0.620. The molecule has 1 aliphatic heterocycles. The van der Waals surface area contributed by atoms with Crippen LogP contribution in [0.15, 0.2) is 54.6 Å². The zero-order valence-corrected chi connectivity index (χ0v) is 15.7. The lowest BCUT2D eigenvalue weighted by molar-refractivity contribution is -0.125. The summed E-state index contributed by atoms with van der Waals surface area (Å²) in [6.07, 6.45) is 0.00561. The second-order valence-electron chi connectivity index (χ2n) is 6.36. The molecule has 1 unspecified atom stereocenters. The maximum Gasteiger partial charge on any atom is 0.249 e. The molecule has 0 aliphatic carbocycles. The molecule has 0 fully saturated rings. The Kier molecular flexibility index (Phi) is 4.75. The maximum absolute atomic E-state index is 12.8. The SMILES string of the molecule is COc1cccc(-c2cc3n(n2)C(C(=O)Nc2ccc(Cl)cc2)CC(=O)N3)c1.